The molecule has 122 valence electrons. The number of rotatable bonds is 8. The van der Waals surface area contributed by atoms with Gasteiger partial charge in [0.2, 0.25) is 5.91 Å². The standard InChI is InChI=1S/C17H26N2O2S/c1-2-22-9-8-17(21)18-11-15-10-16(20)13-19(15)12-14-6-4-3-5-7-14/h3-7,15-16,20H,2,8-13H2,1H3,(H,18,21). The summed E-state index contributed by atoms with van der Waals surface area (Å²) in [4.78, 5) is 14.1. The summed E-state index contributed by atoms with van der Waals surface area (Å²) in [5, 5.41) is 12.9. The van der Waals surface area contributed by atoms with Crippen LogP contribution in [0.5, 0.6) is 0 Å². The van der Waals surface area contributed by atoms with Gasteiger partial charge in [-0.3, -0.25) is 9.69 Å². The third-order valence-electron chi connectivity index (χ3n) is 3.95. The van der Waals surface area contributed by atoms with Gasteiger partial charge in [0.25, 0.3) is 0 Å². The Morgan fingerprint density at radius 3 is 2.91 bits per heavy atom. The second-order valence-electron chi connectivity index (χ2n) is 5.71. The van der Waals surface area contributed by atoms with Gasteiger partial charge in [-0.15, -0.1) is 0 Å². The van der Waals surface area contributed by atoms with Crippen molar-refractivity contribution in [1.82, 2.24) is 10.2 Å². The third kappa shape index (κ3) is 5.63. The molecule has 1 aromatic carbocycles. The second-order valence-corrected chi connectivity index (χ2v) is 7.10. The number of nitrogens with one attached hydrogen (secondary N) is 1. The number of nitrogens with zero attached hydrogens (tertiary/aromatic N) is 1. The van der Waals surface area contributed by atoms with Crippen molar-refractivity contribution < 1.29 is 9.90 Å². The molecule has 1 aromatic rings. The first-order valence-electron chi connectivity index (χ1n) is 7.99. The Balaban J connectivity index is 1.79. The molecule has 2 atom stereocenters. The van der Waals surface area contributed by atoms with Crippen molar-refractivity contribution in [1.29, 1.82) is 0 Å². The fourth-order valence-corrected chi connectivity index (χ4v) is 3.43. The summed E-state index contributed by atoms with van der Waals surface area (Å²) in [6.07, 6.45) is 1.02. The van der Waals surface area contributed by atoms with Gasteiger partial charge in [-0.2, -0.15) is 11.8 Å². The van der Waals surface area contributed by atoms with E-state index in [0.717, 1.165) is 24.5 Å². The average molecular weight is 322 g/mol. The summed E-state index contributed by atoms with van der Waals surface area (Å²) in [6.45, 7) is 4.23. The topological polar surface area (TPSA) is 52.6 Å². The fourth-order valence-electron chi connectivity index (χ4n) is 2.81. The third-order valence-corrected chi connectivity index (χ3v) is 4.85. The van der Waals surface area contributed by atoms with Crippen molar-refractivity contribution >= 4 is 17.7 Å². The summed E-state index contributed by atoms with van der Waals surface area (Å²) < 4.78 is 0. The Labute approximate surface area is 137 Å². The van der Waals surface area contributed by atoms with Crippen LogP contribution in [-0.2, 0) is 11.3 Å². The number of β-amino-alcohol motifs (C(OH)–C–C–N with tert-alkyl or cyclic N) is 1. The van der Waals surface area contributed by atoms with Crippen LogP contribution in [0, 0.1) is 0 Å². The Morgan fingerprint density at radius 2 is 2.18 bits per heavy atom. The maximum Gasteiger partial charge on any atom is 0.220 e. The molecule has 2 rings (SSSR count). The van der Waals surface area contributed by atoms with Gasteiger partial charge >= 0.3 is 0 Å². The quantitative estimate of drug-likeness (QED) is 0.718. The number of aliphatic hydroxyl groups is 1. The lowest BCUT2D eigenvalue weighted by Crippen LogP contribution is -2.39. The average Bonchev–Trinajstić information content (AvgIpc) is 2.86. The van der Waals surface area contributed by atoms with Crippen LogP contribution in [0.1, 0.15) is 25.3 Å². The van der Waals surface area contributed by atoms with E-state index < -0.39 is 0 Å². The van der Waals surface area contributed by atoms with Crippen molar-refractivity contribution in [2.75, 3.05) is 24.6 Å². The van der Waals surface area contributed by atoms with E-state index in [-0.39, 0.29) is 18.1 Å². The van der Waals surface area contributed by atoms with Gasteiger partial charge in [-0.1, -0.05) is 37.3 Å². The molecule has 2 N–H and O–H groups in total. The van der Waals surface area contributed by atoms with Gasteiger partial charge in [0, 0.05) is 37.8 Å². The lowest BCUT2D eigenvalue weighted by atomic mass is 10.1. The van der Waals surface area contributed by atoms with E-state index in [0.29, 0.717) is 19.5 Å². The predicted molar refractivity (Wildman–Crippen MR) is 91.9 cm³/mol. The van der Waals surface area contributed by atoms with Gasteiger partial charge in [0.05, 0.1) is 6.10 Å². The zero-order chi connectivity index (χ0) is 15.8. The number of aliphatic hydroxyl groups excluding tert-OH is 1. The minimum absolute atomic E-state index is 0.113. The number of likely N-dealkylation sites (tertiary alicyclic amines) is 1. The first-order valence-corrected chi connectivity index (χ1v) is 9.15. The van der Waals surface area contributed by atoms with Gasteiger partial charge < -0.3 is 10.4 Å². The van der Waals surface area contributed by atoms with Crippen LogP contribution in [0.15, 0.2) is 30.3 Å². The largest absolute Gasteiger partial charge is 0.392 e. The van der Waals surface area contributed by atoms with Gasteiger partial charge in [-0.05, 0) is 17.7 Å². The molecule has 0 saturated carbocycles. The zero-order valence-electron chi connectivity index (χ0n) is 13.2. The van der Waals surface area contributed by atoms with Gasteiger partial charge in [-0.25, -0.2) is 0 Å². The molecule has 22 heavy (non-hydrogen) atoms. The monoisotopic (exact) mass is 322 g/mol. The minimum atomic E-state index is -0.290. The highest BCUT2D eigenvalue weighted by Crippen LogP contribution is 2.20. The highest BCUT2D eigenvalue weighted by molar-refractivity contribution is 7.99. The maximum atomic E-state index is 11.8. The molecule has 0 spiro atoms. The molecular formula is C17H26N2O2S. The molecule has 4 nitrogen and oxygen atoms in total. The molecule has 5 heteroatoms. The Bertz CT molecular complexity index is 455. The van der Waals surface area contributed by atoms with Crippen molar-refractivity contribution in [2.24, 2.45) is 0 Å². The van der Waals surface area contributed by atoms with Crippen molar-refractivity contribution in [2.45, 2.75) is 38.5 Å². The minimum Gasteiger partial charge on any atom is -0.392 e. The van der Waals surface area contributed by atoms with E-state index in [2.05, 4.69) is 29.3 Å². The van der Waals surface area contributed by atoms with E-state index in [9.17, 15) is 9.90 Å². The Morgan fingerprint density at radius 1 is 1.41 bits per heavy atom. The lowest BCUT2D eigenvalue weighted by molar-refractivity contribution is -0.120. The van der Waals surface area contributed by atoms with Crippen LogP contribution >= 0.6 is 11.8 Å². The number of hydrogen-bond donors (Lipinski definition) is 2. The molecular weight excluding hydrogens is 296 g/mol. The predicted octanol–water partition coefficient (Wildman–Crippen LogP) is 1.88. The summed E-state index contributed by atoms with van der Waals surface area (Å²) in [5.74, 6) is 2.04. The lowest BCUT2D eigenvalue weighted by Gasteiger charge is -2.24. The smallest absolute Gasteiger partial charge is 0.220 e. The molecule has 1 fully saturated rings. The molecule has 1 amide bonds. The van der Waals surface area contributed by atoms with Crippen LogP contribution in [-0.4, -0.2) is 52.7 Å². The van der Waals surface area contributed by atoms with E-state index >= 15 is 0 Å². The van der Waals surface area contributed by atoms with Crippen LogP contribution in [0.25, 0.3) is 0 Å². The highest BCUT2D eigenvalue weighted by atomic mass is 32.2. The van der Waals surface area contributed by atoms with E-state index in [4.69, 9.17) is 0 Å². The van der Waals surface area contributed by atoms with Crippen molar-refractivity contribution in [3.05, 3.63) is 35.9 Å². The molecule has 0 radical (unpaired) electrons. The molecule has 1 heterocycles. The first-order chi connectivity index (χ1) is 10.7. The Hall–Kier alpha value is -1.04. The van der Waals surface area contributed by atoms with Crippen LogP contribution in [0.4, 0.5) is 0 Å². The first kappa shape index (κ1) is 17.3. The number of benzene rings is 1. The highest BCUT2D eigenvalue weighted by Gasteiger charge is 2.30. The van der Waals surface area contributed by atoms with Gasteiger partial charge in [0.15, 0.2) is 0 Å². The zero-order valence-corrected chi connectivity index (χ0v) is 14.0. The summed E-state index contributed by atoms with van der Waals surface area (Å²) >= 11 is 1.79. The summed E-state index contributed by atoms with van der Waals surface area (Å²) in [7, 11) is 0. The molecule has 1 saturated heterocycles. The molecule has 1 aliphatic rings. The number of amides is 1. The number of hydrogen-bond acceptors (Lipinski definition) is 4. The van der Waals surface area contributed by atoms with Crippen LogP contribution in [0.3, 0.4) is 0 Å². The number of carbonyl (C=O) groups is 1. The van der Waals surface area contributed by atoms with E-state index in [1.807, 2.05) is 18.2 Å². The second kappa shape index (κ2) is 9.18. The summed E-state index contributed by atoms with van der Waals surface area (Å²) in [5.41, 5.74) is 1.24. The van der Waals surface area contributed by atoms with Crippen LogP contribution in [0.2, 0.25) is 0 Å². The summed E-state index contributed by atoms with van der Waals surface area (Å²) in [6, 6.07) is 10.5. The maximum absolute atomic E-state index is 11.8. The molecule has 0 aromatic heterocycles. The van der Waals surface area contributed by atoms with Crippen molar-refractivity contribution in [3.63, 3.8) is 0 Å². The SMILES string of the molecule is CCSCCC(=O)NCC1CC(O)CN1Cc1ccccc1. The molecule has 0 aliphatic carbocycles. The molecule has 0 bridgehead atoms. The number of thioether (sulfide) groups is 1. The van der Waals surface area contributed by atoms with Crippen molar-refractivity contribution in [3.8, 4) is 0 Å². The van der Waals surface area contributed by atoms with E-state index in [1.165, 1.54) is 5.56 Å². The van der Waals surface area contributed by atoms with Gasteiger partial charge in [0.1, 0.15) is 0 Å². The normalized spacial score (nSPS) is 21.9. The number of carbonyl (C=O) groups excluding carboxylic acids is 1. The van der Waals surface area contributed by atoms with Crippen LogP contribution < -0.4 is 5.32 Å². The molecule has 1 aliphatic heterocycles. The fraction of sp³-hybridized carbons (Fsp3) is 0.588. The Kier molecular flexibility index (Phi) is 7.22. The van der Waals surface area contributed by atoms with E-state index in [1.54, 1.807) is 11.8 Å². The molecule has 2 unspecified atom stereocenters.